The molecule has 0 radical (unpaired) electrons. The molecule has 3 aromatic rings. The molecule has 2 atom stereocenters. The number of fused-ring (bicyclic) bond motifs is 1. The molecule has 1 amide bonds. The molecule has 178 valence electrons. The number of anilines is 1. The van der Waals surface area contributed by atoms with E-state index in [1.807, 2.05) is 0 Å². The van der Waals surface area contributed by atoms with Crippen LogP contribution < -0.4 is 20.1 Å². The highest BCUT2D eigenvalue weighted by Gasteiger charge is 2.29. The molecule has 2 aromatic carbocycles. The summed E-state index contributed by atoms with van der Waals surface area (Å²) < 4.78 is 25.8. The molecule has 0 aliphatic heterocycles. The Bertz CT molecular complexity index is 1240. The van der Waals surface area contributed by atoms with Crippen LogP contribution >= 0.6 is 23.2 Å². The smallest absolute Gasteiger partial charge is 0.243 e. The molecule has 34 heavy (non-hydrogen) atoms. The van der Waals surface area contributed by atoms with Crippen LogP contribution in [-0.4, -0.2) is 42.2 Å². The Morgan fingerprint density at radius 2 is 1.82 bits per heavy atom. The third kappa shape index (κ3) is 4.60. The van der Waals surface area contributed by atoms with E-state index in [-0.39, 0.29) is 39.5 Å². The highest BCUT2D eigenvalue weighted by Crippen LogP contribution is 2.46. The maximum atomic E-state index is 15.2. The van der Waals surface area contributed by atoms with Gasteiger partial charge in [0.25, 0.3) is 0 Å². The first kappa shape index (κ1) is 24.0. The molecule has 1 aromatic heterocycles. The van der Waals surface area contributed by atoms with Crippen LogP contribution in [0.3, 0.4) is 0 Å². The van der Waals surface area contributed by atoms with Crippen LogP contribution in [0.4, 0.5) is 10.3 Å². The van der Waals surface area contributed by atoms with Crippen LogP contribution in [0.5, 0.6) is 11.5 Å². The van der Waals surface area contributed by atoms with Gasteiger partial charge in [-0.25, -0.2) is 14.4 Å². The predicted octanol–water partition coefficient (Wildman–Crippen LogP) is 5.40. The summed E-state index contributed by atoms with van der Waals surface area (Å²) in [5.74, 6) is 0.189. The van der Waals surface area contributed by atoms with E-state index >= 15 is 4.39 Å². The highest BCUT2D eigenvalue weighted by atomic mass is 35.5. The Labute approximate surface area is 206 Å². The van der Waals surface area contributed by atoms with Crippen molar-refractivity contribution in [1.29, 1.82) is 0 Å². The summed E-state index contributed by atoms with van der Waals surface area (Å²) in [4.78, 5) is 20.4. The number of nitrogens with zero attached hydrogens (tertiary/aromatic N) is 2. The molecule has 10 heteroatoms. The van der Waals surface area contributed by atoms with E-state index in [0.717, 1.165) is 19.3 Å². The molecule has 0 spiro atoms. The minimum atomic E-state index is -0.560. The van der Waals surface area contributed by atoms with Crippen LogP contribution in [0.25, 0.3) is 22.0 Å². The highest BCUT2D eigenvalue weighted by molar-refractivity contribution is 6.41. The third-order valence-corrected chi connectivity index (χ3v) is 6.59. The van der Waals surface area contributed by atoms with Crippen molar-refractivity contribution in [2.75, 3.05) is 19.5 Å². The lowest BCUT2D eigenvalue weighted by Crippen LogP contribution is -2.42. The summed E-state index contributed by atoms with van der Waals surface area (Å²) in [6.45, 7) is 3.49. The molecule has 1 aliphatic rings. The zero-order valence-corrected chi connectivity index (χ0v) is 20.1. The van der Waals surface area contributed by atoms with Crippen LogP contribution in [0.15, 0.2) is 37.1 Å². The number of benzene rings is 2. The Morgan fingerprint density at radius 1 is 1.15 bits per heavy atom. The number of carbonyl (C=O) groups is 1. The van der Waals surface area contributed by atoms with Gasteiger partial charge in [0.05, 0.1) is 24.3 Å². The molecule has 1 aliphatic carbocycles. The fourth-order valence-corrected chi connectivity index (χ4v) is 4.89. The topological polar surface area (TPSA) is 85.4 Å². The molecule has 7 nitrogen and oxygen atoms in total. The van der Waals surface area contributed by atoms with Crippen LogP contribution in [0, 0.1) is 5.82 Å². The Kier molecular flexibility index (Phi) is 7.09. The molecule has 1 saturated carbocycles. The monoisotopic (exact) mass is 504 g/mol. The van der Waals surface area contributed by atoms with E-state index in [9.17, 15) is 4.79 Å². The lowest BCUT2D eigenvalue weighted by Gasteiger charge is -2.21. The summed E-state index contributed by atoms with van der Waals surface area (Å²) in [6, 6.07) is 4.44. The zero-order chi connectivity index (χ0) is 24.4. The number of hydrogen-bond donors (Lipinski definition) is 2. The van der Waals surface area contributed by atoms with E-state index in [0.29, 0.717) is 28.0 Å². The van der Waals surface area contributed by atoms with E-state index in [1.54, 1.807) is 12.1 Å². The van der Waals surface area contributed by atoms with Crippen molar-refractivity contribution in [3.8, 4) is 22.6 Å². The van der Waals surface area contributed by atoms with Crippen molar-refractivity contribution >= 4 is 46.0 Å². The lowest BCUT2D eigenvalue weighted by atomic mass is 10.0. The Balaban J connectivity index is 1.69. The molecule has 0 bridgehead atoms. The minimum Gasteiger partial charge on any atom is -0.495 e. The molecule has 2 N–H and O–H groups in total. The second-order valence-electron chi connectivity index (χ2n) is 7.87. The van der Waals surface area contributed by atoms with Gasteiger partial charge in [-0.3, -0.25) is 4.79 Å². The quantitative estimate of drug-likeness (QED) is 0.419. The summed E-state index contributed by atoms with van der Waals surface area (Å²) in [5, 5.41) is 7.07. The van der Waals surface area contributed by atoms with Crippen LogP contribution in [0.2, 0.25) is 10.0 Å². The van der Waals surface area contributed by atoms with E-state index in [2.05, 4.69) is 27.2 Å². The normalized spacial score (nSPS) is 17.4. The Morgan fingerprint density at radius 3 is 2.47 bits per heavy atom. The SMILES string of the molecule is C=CC(=O)N[C@H]1CCC[C@H]1Nc1ncc2cc(-c3c(Cl)c(OC)cc(OC)c3Cl)cc(F)c2n1. The molecule has 1 fully saturated rings. The van der Waals surface area contributed by atoms with Gasteiger partial charge in [0, 0.05) is 35.3 Å². The standard InChI is InChI=1S/C24H23Cl2FN4O3/c1-4-19(32)29-15-6-5-7-16(15)30-24-28-11-13-8-12(9-14(27)23(13)31-24)20-21(25)17(33-2)10-18(34-3)22(20)26/h4,8-11,15-16H,1,5-7H2,2-3H3,(H,29,32)(H,28,30,31)/t15-,16+/m0/s1. The van der Waals surface area contributed by atoms with Gasteiger partial charge in [0.2, 0.25) is 11.9 Å². The minimum absolute atomic E-state index is 0.0643. The number of amides is 1. The molecule has 0 saturated heterocycles. The van der Waals surface area contributed by atoms with Gasteiger partial charge in [0.1, 0.15) is 22.8 Å². The van der Waals surface area contributed by atoms with Gasteiger partial charge in [-0.2, -0.15) is 0 Å². The maximum absolute atomic E-state index is 15.2. The van der Waals surface area contributed by atoms with E-state index < -0.39 is 5.82 Å². The maximum Gasteiger partial charge on any atom is 0.243 e. The predicted molar refractivity (Wildman–Crippen MR) is 131 cm³/mol. The van der Waals surface area contributed by atoms with Crippen LogP contribution in [-0.2, 0) is 4.79 Å². The molecular formula is C24H23Cl2FN4O3. The van der Waals surface area contributed by atoms with Crippen molar-refractivity contribution in [2.45, 2.75) is 31.3 Å². The molecule has 1 heterocycles. The van der Waals surface area contributed by atoms with Gasteiger partial charge >= 0.3 is 0 Å². The Hall–Kier alpha value is -3.10. The first-order valence-corrected chi connectivity index (χ1v) is 11.4. The fraction of sp³-hybridized carbons (Fsp3) is 0.292. The van der Waals surface area contributed by atoms with E-state index in [1.165, 1.54) is 32.6 Å². The van der Waals surface area contributed by atoms with Crippen molar-refractivity contribution < 1.29 is 18.7 Å². The number of methoxy groups -OCH3 is 2. The largest absolute Gasteiger partial charge is 0.495 e. The van der Waals surface area contributed by atoms with Gasteiger partial charge in [-0.05, 0) is 43.0 Å². The number of rotatable bonds is 7. The second kappa shape index (κ2) is 10.0. The number of ether oxygens (including phenoxy) is 2. The first-order chi connectivity index (χ1) is 16.4. The number of aromatic nitrogens is 2. The summed E-state index contributed by atoms with van der Waals surface area (Å²) >= 11 is 13.0. The van der Waals surface area contributed by atoms with Crippen LogP contribution in [0.1, 0.15) is 19.3 Å². The average molecular weight is 505 g/mol. The van der Waals surface area contributed by atoms with Gasteiger partial charge < -0.3 is 20.1 Å². The fourth-order valence-electron chi connectivity index (χ4n) is 4.17. The van der Waals surface area contributed by atoms with Gasteiger partial charge in [0.15, 0.2) is 0 Å². The van der Waals surface area contributed by atoms with Crippen molar-refractivity contribution in [2.24, 2.45) is 0 Å². The van der Waals surface area contributed by atoms with E-state index in [4.69, 9.17) is 32.7 Å². The zero-order valence-electron chi connectivity index (χ0n) is 18.6. The van der Waals surface area contributed by atoms with Crippen molar-refractivity contribution in [3.63, 3.8) is 0 Å². The third-order valence-electron chi connectivity index (χ3n) is 5.84. The van der Waals surface area contributed by atoms with Gasteiger partial charge in [-0.1, -0.05) is 29.8 Å². The molecule has 0 unspecified atom stereocenters. The first-order valence-electron chi connectivity index (χ1n) is 10.6. The summed E-state index contributed by atoms with van der Waals surface area (Å²) in [5.41, 5.74) is 0.965. The summed E-state index contributed by atoms with van der Waals surface area (Å²) in [6.07, 6.45) is 5.37. The summed E-state index contributed by atoms with van der Waals surface area (Å²) in [7, 11) is 2.94. The number of nitrogens with one attached hydrogen (secondary N) is 2. The lowest BCUT2D eigenvalue weighted by molar-refractivity contribution is -0.117. The molecular weight excluding hydrogens is 482 g/mol. The number of hydrogen-bond acceptors (Lipinski definition) is 6. The number of halogens is 3. The van der Waals surface area contributed by atoms with Crippen molar-refractivity contribution in [3.05, 3.63) is 52.9 Å². The second-order valence-corrected chi connectivity index (χ2v) is 8.63. The molecule has 4 rings (SSSR count). The van der Waals surface area contributed by atoms with Crippen molar-refractivity contribution in [1.82, 2.24) is 15.3 Å². The average Bonchev–Trinajstić information content (AvgIpc) is 3.26. The van der Waals surface area contributed by atoms with Gasteiger partial charge in [-0.15, -0.1) is 0 Å². The number of carbonyl (C=O) groups excluding carboxylic acids is 1.